The quantitative estimate of drug-likeness (QED) is 0.526. The number of nitrogens with zero attached hydrogens (tertiary/aromatic N) is 1. The maximum Gasteiger partial charge on any atom is 0.251 e. The van der Waals surface area contributed by atoms with Gasteiger partial charge in [0.05, 0.1) is 30.9 Å². The summed E-state index contributed by atoms with van der Waals surface area (Å²) in [7, 11) is -3.90. The number of ether oxygens (including phenoxy) is 2. The predicted octanol–water partition coefficient (Wildman–Crippen LogP) is 3.72. The average Bonchev–Trinajstić information content (AvgIpc) is 3.56. The van der Waals surface area contributed by atoms with Gasteiger partial charge in [-0.2, -0.15) is 4.31 Å². The normalized spacial score (nSPS) is 15.7. The van der Waals surface area contributed by atoms with Crippen LogP contribution in [0.5, 0.6) is 11.5 Å². The van der Waals surface area contributed by atoms with Gasteiger partial charge in [-0.05, 0) is 54.8 Å². The van der Waals surface area contributed by atoms with Crippen LogP contribution in [0.3, 0.4) is 0 Å². The molecule has 2 aromatic carbocycles. The van der Waals surface area contributed by atoms with Crippen molar-refractivity contribution in [2.75, 3.05) is 13.2 Å². The van der Waals surface area contributed by atoms with Gasteiger partial charge in [0.2, 0.25) is 10.0 Å². The summed E-state index contributed by atoms with van der Waals surface area (Å²) in [6.45, 7) is 1.17. The highest BCUT2D eigenvalue weighted by molar-refractivity contribution is 7.89. The molecule has 0 spiro atoms. The summed E-state index contributed by atoms with van der Waals surface area (Å²) in [6, 6.07) is 15.4. The highest BCUT2D eigenvalue weighted by Gasteiger charge is 2.28. The fourth-order valence-electron chi connectivity index (χ4n) is 3.72. The fourth-order valence-corrected chi connectivity index (χ4v) is 5.13. The molecule has 2 aliphatic rings. The van der Waals surface area contributed by atoms with Crippen LogP contribution in [-0.4, -0.2) is 37.9 Å². The van der Waals surface area contributed by atoms with Crippen LogP contribution in [0.4, 0.5) is 0 Å². The van der Waals surface area contributed by atoms with Gasteiger partial charge in [0.25, 0.3) is 5.91 Å². The van der Waals surface area contributed by atoms with E-state index in [2.05, 4.69) is 5.32 Å². The van der Waals surface area contributed by atoms with Crippen molar-refractivity contribution >= 4 is 15.9 Å². The van der Waals surface area contributed by atoms with Gasteiger partial charge in [-0.25, -0.2) is 8.42 Å². The van der Waals surface area contributed by atoms with Crippen LogP contribution in [0, 0.1) is 0 Å². The van der Waals surface area contributed by atoms with Crippen LogP contribution in [0.1, 0.15) is 40.9 Å². The molecule has 1 N–H and O–H groups in total. The number of carbonyl (C=O) groups excluding carboxylic acids is 1. The molecule has 8 nitrogen and oxygen atoms in total. The fraction of sp³-hybridized carbons (Fsp3) is 0.320. The first-order chi connectivity index (χ1) is 16.5. The molecule has 0 radical (unpaired) electrons. The minimum atomic E-state index is -3.90. The van der Waals surface area contributed by atoms with Crippen molar-refractivity contribution in [3.63, 3.8) is 0 Å². The number of rotatable bonds is 8. The van der Waals surface area contributed by atoms with E-state index in [1.54, 1.807) is 42.5 Å². The molecule has 1 amide bonds. The highest BCUT2D eigenvalue weighted by atomic mass is 32.2. The first kappa shape index (κ1) is 22.5. The van der Waals surface area contributed by atoms with Crippen molar-refractivity contribution in [1.82, 2.24) is 9.62 Å². The summed E-state index contributed by atoms with van der Waals surface area (Å²) in [5, 5.41) is 2.96. The Morgan fingerprint density at radius 1 is 0.971 bits per heavy atom. The van der Waals surface area contributed by atoms with E-state index < -0.39 is 10.0 Å². The Hall–Kier alpha value is -3.30. The molecule has 3 aromatic rings. The molecule has 0 atom stereocenters. The number of benzene rings is 2. The molecule has 178 valence electrons. The van der Waals surface area contributed by atoms with Crippen LogP contribution in [-0.2, 0) is 23.1 Å². The summed E-state index contributed by atoms with van der Waals surface area (Å²) in [4.78, 5) is 12.4. The second kappa shape index (κ2) is 9.52. The summed E-state index contributed by atoms with van der Waals surface area (Å²) in [6.07, 6.45) is 4.28. The third kappa shape index (κ3) is 5.10. The molecule has 5 rings (SSSR count). The average molecular weight is 483 g/mol. The van der Waals surface area contributed by atoms with Crippen LogP contribution >= 0.6 is 0 Å². The Morgan fingerprint density at radius 3 is 2.44 bits per heavy atom. The van der Waals surface area contributed by atoms with Crippen molar-refractivity contribution in [3.8, 4) is 11.5 Å². The molecule has 2 heterocycles. The van der Waals surface area contributed by atoms with Crippen molar-refractivity contribution < 1.29 is 27.1 Å². The highest BCUT2D eigenvalue weighted by Crippen LogP contribution is 2.33. The van der Waals surface area contributed by atoms with Gasteiger partial charge in [-0.15, -0.1) is 0 Å². The van der Waals surface area contributed by atoms with E-state index in [1.165, 1.54) is 22.7 Å². The second-order valence-corrected chi connectivity index (χ2v) is 10.4. The minimum Gasteiger partial charge on any atom is -0.490 e. The van der Waals surface area contributed by atoms with Crippen molar-refractivity contribution in [3.05, 3.63) is 77.7 Å². The molecular weight excluding hydrogens is 456 g/mol. The van der Waals surface area contributed by atoms with E-state index in [4.69, 9.17) is 13.9 Å². The standard InChI is InChI=1S/C25H26N2O6S/c28-25(26-20-8-9-20)19-6-4-18(5-7-19)16-27(17-21-3-1-12-31-21)34(29,30)22-10-11-23-24(15-22)33-14-2-13-32-23/h1,3-7,10-12,15,20H,2,8-9,13-14,16-17H2,(H,26,28). The number of sulfonamides is 1. The molecule has 1 aromatic heterocycles. The molecular formula is C25H26N2O6S. The largest absolute Gasteiger partial charge is 0.490 e. The molecule has 0 saturated heterocycles. The molecule has 9 heteroatoms. The van der Waals surface area contributed by atoms with E-state index in [-0.39, 0.29) is 29.9 Å². The second-order valence-electron chi connectivity index (χ2n) is 8.46. The Morgan fingerprint density at radius 2 is 1.74 bits per heavy atom. The van der Waals surface area contributed by atoms with Crippen LogP contribution < -0.4 is 14.8 Å². The maximum absolute atomic E-state index is 13.7. The lowest BCUT2D eigenvalue weighted by Crippen LogP contribution is -2.30. The van der Waals surface area contributed by atoms with Gasteiger partial charge in [-0.3, -0.25) is 4.79 Å². The van der Waals surface area contributed by atoms with E-state index in [0.29, 0.717) is 36.0 Å². The maximum atomic E-state index is 13.7. The molecule has 1 aliphatic carbocycles. The summed E-state index contributed by atoms with van der Waals surface area (Å²) in [5.41, 5.74) is 1.31. The van der Waals surface area contributed by atoms with Gasteiger partial charge < -0.3 is 19.2 Å². The van der Waals surface area contributed by atoms with Crippen molar-refractivity contribution in [2.24, 2.45) is 0 Å². The molecule has 1 aliphatic heterocycles. The number of hydrogen-bond donors (Lipinski definition) is 1. The molecule has 1 fully saturated rings. The molecule has 0 unspecified atom stereocenters. The van der Waals surface area contributed by atoms with Crippen molar-refractivity contribution in [2.45, 2.75) is 43.3 Å². The first-order valence-corrected chi connectivity index (χ1v) is 12.7. The third-order valence-corrected chi connectivity index (χ3v) is 7.54. The summed E-state index contributed by atoms with van der Waals surface area (Å²) < 4.78 is 45.4. The van der Waals surface area contributed by atoms with Crippen LogP contribution in [0.25, 0.3) is 0 Å². The minimum absolute atomic E-state index is 0.0632. The Bertz CT molecular complexity index is 1250. The topological polar surface area (TPSA) is 98.1 Å². The lowest BCUT2D eigenvalue weighted by molar-refractivity contribution is 0.0951. The Kier molecular flexibility index (Phi) is 6.30. The number of nitrogens with one attached hydrogen (secondary N) is 1. The van der Waals surface area contributed by atoms with Crippen LogP contribution in [0.2, 0.25) is 0 Å². The van der Waals surface area contributed by atoms with Gasteiger partial charge in [-0.1, -0.05) is 12.1 Å². The number of furan rings is 1. The van der Waals surface area contributed by atoms with Gasteiger partial charge >= 0.3 is 0 Å². The zero-order valence-corrected chi connectivity index (χ0v) is 19.4. The lowest BCUT2D eigenvalue weighted by Gasteiger charge is -2.22. The van der Waals surface area contributed by atoms with E-state index in [0.717, 1.165) is 24.8 Å². The van der Waals surface area contributed by atoms with Crippen LogP contribution in [0.15, 0.2) is 70.2 Å². The zero-order valence-electron chi connectivity index (χ0n) is 18.6. The third-order valence-electron chi connectivity index (χ3n) is 5.76. The zero-order chi connectivity index (χ0) is 23.5. The molecule has 0 bridgehead atoms. The Balaban J connectivity index is 1.40. The number of carbonyl (C=O) groups is 1. The lowest BCUT2D eigenvalue weighted by atomic mass is 10.1. The van der Waals surface area contributed by atoms with E-state index in [9.17, 15) is 13.2 Å². The predicted molar refractivity (Wildman–Crippen MR) is 124 cm³/mol. The summed E-state index contributed by atoms with van der Waals surface area (Å²) in [5.74, 6) is 1.37. The number of amides is 1. The molecule has 1 saturated carbocycles. The number of hydrogen-bond acceptors (Lipinski definition) is 6. The van der Waals surface area contributed by atoms with Gasteiger partial charge in [0.1, 0.15) is 5.76 Å². The monoisotopic (exact) mass is 482 g/mol. The van der Waals surface area contributed by atoms with E-state index >= 15 is 0 Å². The molecule has 34 heavy (non-hydrogen) atoms. The number of fused-ring (bicyclic) bond motifs is 1. The summed E-state index contributed by atoms with van der Waals surface area (Å²) >= 11 is 0. The SMILES string of the molecule is O=C(NC1CC1)c1ccc(CN(Cc2ccco2)S(=O)(=O)c2ccc3c(c2)OCCCO3)cc1. The van der Waals surface area contributed by atoms with E-state index in [1.807, 2.05) is 0 Å². The smallest absolute Gasteiger partial charge is 0.251 e. The Labute approximate surface area is 198 Å². The van der Waals surface area contributed by atoms with Crippen molar-refractivity contribution in [1.29, 1.82) is 0 Å². The van der Waals surface area contributed by atoms with Gasteiger partial charge in [0, 0.05) is 30.6 Å². The van der Waals surface area contributed by atoms with Gasteiger partial charge in [0.15, 0.2) is 11.5 Å². The first-order valence-electron chi connectivity index (χ1n) is 11.3.